The van der Waals surface area contributed by atoms with Crippen molar-refractivity contribution in [3.05, 3.63) is 71.2 Å². The summed E-state index contributed by atoms with van der Waals surface area (Å²) in [6.07, 6.45) is -13.3. The number of fused-ring (bicyclic) bond motifs is 5. The Bertz CT molecular complexity index is 1880. The minimum atomic E-state index is -2.77. The van der Waals surface area contributed by atoms with Gasteiger partial charge in [-0.3, -0.25) is 9.59 Å². The number of furan rings is 1. The first kappa shape index (κ1) is 42.4. The van der Waals surface area contributed by atoms with Gasteiger partial charge in [0.05, 0.1) is 42.6 Å². The lowest BCUT2D eigenvalue weighted by molar-refractivity contribution is -0.370. The highest BCUT2D eigenvalue weighted by atomic mass is 16.6. The lowest BCUT2D eigenvalue weighted by Gasteiger charge is -2.69. The van der Waals surface area contributed by atoms with E-state index in [0.29, 0.717) is 0 Å². The van der Waals surface area contributed by atoms with E-state index < -0.39 is 107 Å². The fraction of sp³-hybridized carbons (Fsp3) is 0.610. The van der Waals surface area contributed by atoms with Crippen LogP contribution >= 0.6 is 0 Å². The van der Waals surface area contributed by atoms with Crippen molar-refractivity contribution in [1.82, 2.24) is 5.32 Å². The zero-order valence-corrected chi connectivity index (χ0v) is 32.9. The molecule has 7 N–H and O–H groups in total. The molecule has 312 valence electrons. The van der Waals surface area contributed by atoms with Crippen LogP contribution in [0.5, 0.6) is 0 Å². The number of amides is 1. The van der Waals surface area contributed by atoms with E-state index in [4.69, 9.17) is 23.4 Å². The van der Waals surface area contributed by atoms with Crippen LogP contribution in [0, 0.1) is 22.7 Å². The summed E-state index contributed by atoms with van der Waals surface area (Å²) in [4.78, 5) is 53.9. The average Bonchev–Trinajstić information content (AvgIpc) is 3.70. The highest BCUT2D eigenvalue weighted by Crippen LogP contribution is 2.65. The molecule has 1 aliphatic heterocycles. The maximum Gasteiger partial charge on any atom is 0.338 e. The second-order valence-electron chi connectivity index (χ2n) is 17.0. The van der Waals surface area contributed by atoms with Crippen molar-refractivity contribution in [1.29, 1.82) is 0 Å². The third kappa shape index (κ3) is 6.68. The largest absolute Gasteiger partial charge is 0.459 e. The topological polar surface area (TPSA) is 252 Å². The van der Waals surface area contributed by atoms with Crippen molar-refractivity contribution in [2.75, 3.05) is 6.61 Å². The van der Waals surface area contributed by atoms with Crippen LogP contribution in [0.3, 0.4) is 0 Å². The number of ether oxygens (including phenoxy) is 4. The average molecular weight is 800 g/mol. The molecule has 1 unspecified atom stereocenters. The van der Waals surface area contributed by atoms with E-state index in [2.05, 4.69) is 5.32 Å². The van der Waals surface area contributed by atoms with Crippen LogP contribution in [-0.2, 0) is 28.5 Å². The molecule has 16 heteroatoms. The Morgan fingerprint density at radius 2 is 1.63 bits per heavy atom. The van der Waals surface area contributed by atoms with Gasteiger partial charge < -0.3 is 59.3 Å². The molecule has 3 aliphatic carbocycles. The van der Waals surface area contributed by atoms with Crippen LogP contribution in [-0.4, -0.2) is 127 Å². The third-order valence-corrected chi connectivity index (χ3v) is 12.9. The van der Waals surface area contributed by atoms with Gasteiger partial charge >= 0.3 is 17.9 Å². The number of hydrogen-bond acceptors (Lipinski definition) is 15. The first-order chi connectivity index (χ1) is 26.6. The zero-order valence-electron chi connectivity index (χ0n) is 32.9. The number of aliphatic hydroxyl groups is 6. The van der Waals surface area contributed by atoms with Crippen LogP contribution in [0.1, 0.15) is 82.2 Å². The minimum Gasteiger partial charge on any atom is -0.459 e. The summed E-state index contributed by atoms with van der Waals surface area (Å²) in [5.41, 5.74) is -8.41. The molecule has 57 heavy (non-hydrogen) atoms. The quantitative estimate of drug-likeness (QED) is 0.101. The van der Waals surface area contributed by atoms with Gasteiger partial charge in [-0.25, -0.2) is 9.59 Å². The Kier molecular flexibility index (Phi) is 11.3. The lowest BCUT2D eigenvalue weighted by atomic mass is 9.44. The van der Waals surface area contributed by atoms with E-state index in [1.54, 1.807) is 32.0 Å². The highest BCUT2D eigenvalue weighted by Gasteiger charge is 2.79. The van der Waals surface area contributed by atoms with Gasteiger partial charge in [-0.2, -0.15) is 0 Å². The number of aliphatic hydroxyl groups excluding tert-OH is 5. The normalized spacial score (nSPS) is 36.6. The molecule has 1 aromatic heterocycles. The number of rotatable bonds is 10. The molecule has 1 aromatic carbocycles. The third-order valence-electron chi connectivity index (χ3n) is 12.9. The predicted octanol–water partition coefficient (Wildman–Crippen LogP) is 1.19. The summed E-state index contributed by atoms with van der Waals surface area (Å²) in [7, 11) is 0. The van der Waals surface area contributed by atoms with Crippen LogP contribution in [0.2, 0.25) is 0 Å². The van der Waals surface area contributed by atoms with Crippen molar-refractivity contribution >= 4 is 23.8 Å². The maximum absolute atomic E-state index is 14.1. The molecule has 1 amide bonds. The first-order valence-electron chi connectivity index (χ1n) is 19.1. The standard InChI is InChI=1S/C41H53NO15/c1-19(2)16-23(42-35(49)24-14-11-15-53-24)28(45)37(51)55-30-20(3)27-29(46)32(47)39(7)25(44)17-26-40(18-54-26,57-21(4)43)31(39)34(41(52,33(30)48)38(27,5)6)56-36(50)22-12-9-8-10-13-22/h8-15,19,23,25-26,28-34,44-48,52H,16-18H2,1-7H3,(H,42,49)/t23-,25-,26+,28+,29+,30+,31?,32+,33-,34-,39+,40-,41+/m0/s1. The smallest absolute Gasteiger partial charge is 0.338 e. The summed E-state index contributed by atoms with van der Waals surface area (Å²) in [5, 5.41) is 76.4. The summed E-state index contributed by atoms with van der Waals surface area (Å²) >= 11 is 0. The Morgan fingerprint density at radius 1 is 0.965 bits per heavy atom. The minimum absolute atomic E-state index is 0.00987. The van der Waals surface area contributed by atoms with Gasteiger partial charge in [-0.1, -0.05) is 52.8 Å². The van der Waals surface area contributed by atoms with E-state index in [0.717, 1.165) is 6.92 Å². The lowest BCUT2D eigenvalue weighted by Crippen LogP contribution is -2.84. The molecule has 6 rings (SSSR count). The molecular formula is C41H53NO15. The number of esters is 3. The van der Waals surface area contributed by atoms with E-state index in [9.17, 15) is 49.8 Å². The summed E-state index contributed by atoms with van der Waals surface area (Å²) in [5.74, 6) is -5.64. The molecule has 2 heterocycles. The Hall–Kier alpha value is -4.16. The number of nitrogens with one attached hydrogen (secondary N) is 1. The SMILES string of the molecule is CC(=O)O[C@@]12CO[C@@H]1C[C@H](O)[C@]1(C)C2[C@H](OC(=O)c2ccccc2)[C@]2(O)[C@@H](O)[C@H](OC(=O)[C@H](O)[C@H](CC(C)C)NC(=O)c3ccco3)C(C)=C([C@@H](O)[C@H]1O)C2(C)C. The molecule has 16 nitrogen and oxygen atoms in total. The molecule has 2 saturated carbocycles. The molecule has 1 saturated heterocycles. The molecule has 2 aromatic rings. The van der Waals surface area contributed by atoms with Crippen molar-refractivity contribution in [3.63, 3.8) is 0 Å². The van der Waals surface area contributed by atoms with E-state index in [-0.39, 0.29) is 47.8 Å². The molecule has 0 radical (unpaired) electrons. The number of carbonyl (C=O) groups is 4. The van der Waals surface area contributed by atoms with E-state index >= 15 is 0 Å². The van der Waals surface area contributed by atoms with E-state index in [1.165, 1.54) is 58.2 Å². The molecule has 13 atom stereocenters. The Labute approximate surface area is 329 Å². The van der Waals surface area contributed by atoms with Crippen LogP contribution < -0.4 is 5.32 Å². The molecule has 0 spiro atoms. The second kappa shape index (κ2) is 15.2. The van der Waals surface area contributed by atoms with E-state index in [1.807, 2.05) is 0 Å². The van der Waals surface area contributed by atoms with Gasteiger partial charge in [0, 0.05) is 24.2 Å². The molecule has 2 bridgehead atoms. The van der Waals surface area contributed by atoms with Crippen molar-refractivity contribution in [3.8, 4) is 0 Å². The number of benzene rings is 1. The summed E-state index contributed by atoms with van der Waals surface area (Å²) in [6, 6.07) is 9.37. The van der Waals surface area contributed by atoms with Crippen molar-refractivity contribution in [2.45, 2.75) is 127 Å². The van der Waals surface area contributed by atoms with Gasteiger partial charge in [0.15, 0.2) is 23.6 Å². The Morgan fingerprint density at radius 3 is 2.19 bits per heavy atom. The second-order valence-corrected chi connectivity index (χ2v) is 17.0. The van der Waals surface area contributed by atoms with Crippen molar-refractivity contribution in [2.24, 2.45) is 22.7 Å². The Balaban J connectivity index is 1.51. The maximum atomic E-state index is 14.1. The van der Waals surface area contributed by atoms with Crippen molar-refractivity contribution < 1.29 is 73.2 Å². The fourth-order valence-electron chi connectivity index (χ4n) is 9.93. The van der Waals surface area contributed by atoms with Crippen LogP contribution in [0.15, 0.2) is 64.3 Å². The predicted molar refractivity (Wildman–Crippen MR) is 197 cm³/mol. The van der Waals surface area contributed by atoms with Gasteiger partial charge in [0.1, 0.15) is 30.0 Å². The fourth-order valence-corrected chi connectivity index (χ4v) is 9.93. The van der Waals surface area contributed by atoms with Crippen LogP contribution in [0.25, 0.3) is 0 Å². The van der Waals surface area contributed by atoms with Gasteiger partial charge in [-0.05, 0) is 54.7 Å². The summed E-state index contributed by atoms with van der Waals surface area (Å²) in [6.45, 7) is 10.1. The number of carbonyl (C=O) groups excluding carboxylic acids is 4. The molecule has 3 fully saturated rings. The monoisotopic (exact) mass is 799 g/mol. The first-order valence-corrected chi connectivity index (χ1v) is 19.1. The zero-order chi connectivity index (χ0) is 42.0. The van der Waals surface area contributed by atoms with Gasteiger partial charge in [-0.15, -0.1) is 0 Å². The van der Waals surface area contributed by atoms with Gasteiger partial charge in [0.2, 0.25) is 0 Å². The highest BCUT2D eigenvalue weighted by molar-refractivity contribution is 5.92. The number of hydrogen-bond donors (Lipinski definition) is 7. The molecular weight excluding hydrogens is 746 g/mol. The molecule has 4 aliphatic rings. The summed E-state index contributed by atoms with van der Waals surface area (Å²) < 4.78 is 29.0. The van der Waals surface area contributed by atoms with Gasteiger partial charge in [0.25, 0.3) is 5.91 Å². The van der Waals surface area contributed by atoms with Crippen LogP contribution in [0.4, 0.5) is 0 Å².